The fourth-order valence-corrected chi connectivity index (χ4v) is 6.32. The summed E-state index contributed by atoms with van der Waals surface area (Å²) in [7, 11) is -7.36. The average Bonchev–Trinajstić information content (AvgIpc) is 3.31. The third-order valence-corrected chi connectivity index (χ3v) is 9.00. The molecule has 2 N–H and O–H groups in total. The molecular weight excluding hydrogens is 502 g/mol. The molecule has 0 unspecified atom stereocenters. The first kappa shape index (κ1) is 25.7. The van der Waals surface area contributed by atoms with Gasteiger partial charge in [0.15, 0.2) is 6.61 Å². The largest absolute Gasteiger partial charge is 0.484 e. The molecule has 1 heterocycles. The number of carbonyl (C=O) groups excluding carboxylic acids is 1. The topological polar surface area (TPSA) is 122 Å². The highest BCUT2D eigenvalue weighted by Crippen LogP contribution is 2.33. The number of amides is 1. The summed E-state index contributed by atoms with van der Waals surface area (Å²) in [6, 6.07) is 19.8. The van der Waals surface area contributed by atoms with Gasteiger partial charge in [0.05, 0.1) is 15.5 Å². The normalized spacial score (nSPS) is 13.3. The summed E-state index contributed by atoms with van der Waals surface area (Å²) in [5, 5.41) is 2.57. The lowest BCUT2D eigenvalue weighted by molar-refractivity contribution is -0.123. The Balaban J connectivity index is 1.24. The van der Waals surface area contributed by atoms with Crippen LogP contribution in [-0.2, 0) is 31.3 Å². The van der Waals surface area contributed by atoms with E-state index in [9.17, 15) is 21.6 Å². The maximum Gasteiger partial charge on any atom is 0.264 e. The highest BCUT2D eigenvalue weighted by Gasteiger charge is 2.30. The van der Waals surface area contributed by atoms with Crippen LogP contribution in [-0.4, -0.2) is 49.0 Å². The molecule has 0 aromatic heterocycles. The number of carbonyl (C=O) groups is 1. The lowest BCUT2D eigenvalue weighted by Gasteiger charge is -2.19. The number of aryl methyl sites for hydroxylation is 1. The number of ether oxygens (including phenoxy) is 1. The Labute approximate surface area is 211 Å². The highest BCUT2D eigenvalue weighted by molar-refractivity contribution is 7.92. The van der Waals surface area contributed by atoms with Gasteiger partial charge < -0.3 is 10.1 Å². The number of hydrogen-bond acceptors (Lipinski definition) is 6. The number of rotatable bonds is 10. The molecule has 0 radical (unpaired) electrons. The van der Waals surface area contributed by atoms with Gasteiger partial charge in [0.1, 0.15) is 5.75 Å². The van der Waals surface area contributed by atoms with Gasteiger partial charge in [-0.1, -0.05) is 35.9 Å². The zero-order valence-electron chi connectivity index (χ0n) is 19.7. The van der Waals surface area contributed by atoms with E-state index >= 15 is 0 Å². The van der Waals surface area contributed by atoms with Crippen LogP contribution in [0, 0.1) is 6.92 Å². The van der Waals surface area contributed by atoms with E-state index < -0.39 is 26.0 Å². The third-order valence-electron chi connectivity index (χ3n) is 5.70. The standard InChI is InChI=1S/C25H27N3O6S2/c1-19-6-10-22(11-7-19)35(30,31)27-16-15-26-25(29)18-34-21-8-12-23(13-9-21)36(32,33)28-17-14-20-4-2-3-5-24(20)28/h2-13,27H,14-18H2,1H3,(H,26,29). The molecule has 190 valence electrons. The van der Waals surface area contributed by atoms with Gasteiger partial charge in [-0.2, -0.15) is 0 Å². The van der Waals surface area contributed by atoms with Crippen LogP contribution in [0.15, 0.2) is 82.6 Å². The summed E-state index contributed by atoms with van der Waals surface area (Å²) in [5.41, 5.74) is 2.64. The second-order valence-electron chi connectivity index (χ2n) is 8.28. The molecule has 1 aliphatic rings. The Bertz CT molecular complexity index is 1440. The predicted molar refractivity (Wildman–Crippen MR) is 136 cm³/mol. The van der Waals surface area contributed by atoms with Crippen molar-refractivity contribution in [2.24, 2.45) is 0 Å². The van der Waals surface area contributed by atoms with Crippen LogP contribution in [0.5, 0.6) is 5.75 Å². The predicted octanol–water partition coefficient (Wildman–Crippen LogP) is 2.22. The summed E-state index contributed by atoms with van der Waals surface area (Å²) < 4.78 is 59.9. The van der Waals surface area contributed by atoms with Gasteiger partial charge in [-0.05, 0) is 61.4 Å². The monoisotopic (exact) mass is 529 g/mol. The first-order valence-corrected chi connectivity index (χ1v) is 14.3. The van der Waals surface area contributed by atoms with Crippen molar-refractivity contribution in [2.45, 2.75) is 23.1 Å². The molecule has 0 bridgehead atoms. The van der Waals surface area contributed by atoms with Gasteiger partial charge in [0.25, 0.3) is 15.9 Å². The molecule has 0 fully saturated rings. The van der Waals surface area contributed by atoms with Gasteiger partial charge >= 0.3 is 0 Å². The van der Waals surface area contributed by atoms with Crippen molar-refractivity contribution in [1.29, 1.82) is 0 Å². The van der Waals surface area contributed by atoms with Crippen molar-refractivity contribution in [2.75, 3.05) is 30.5 Å². The van der Waals surface area contributed by atoms with Gasteiger partial charge in [0.2, 0.25) is 10.0 Å². The molecule has 3 aromatic carbocycles. The van der Waals surface area contributed by atoms with Crippen LogP contribution in [0.4, 0.5) is 5.69 Å². The van der Waals surface area contributed by atoms with Crippen LogP contribution in [0.1, 0.15) is 11.1 Å². The lowest BCUT2D eigenvalue weighted by Crippen LogP contribution is -2.36. The van der Waals surface area contributed by atoms with Gasteiger partial charge in [0, 0.05) is 19.6 Å². The highest BCUT2D eigenvalue weighted by atomic mass is 32.2. The Morgan fingerprint density at radius 3 is 2.28 bits per heavy atom. The minimum atomic E-state index is -3.71. The van der Waals surface area contributed by atoms with E-state index in [1.54, 1.807) is 18.2 Å². The van der Waals surface area contributed by atoms with Crippen molar-refractivity contribution in [3.05, 3.63) is 83.9 Å². The van der Waals surface area contributed by atoms with E-state index in [1.807, 2.05) is 25.1 Å². The average molecular weight is 530 g/mol. The third kappa shape index (κ3) is 5.86. The fourth-order valence-electron chi connectivity index (χ4n) is 3.78. The molecule has 1 amide bonds. The maximum atomic E-state index is 13.1. The molecule has 4 rings (SSSR count). The van der Waals surface area contributed by atoms with E-state index in [1.165, 1.54) is 40.7 Å². The van der Waals surface area contributed by atoms with Crippen LogP contribution in [0.25, 0.3) is 0 Å². The quantitative estimate of drug-likeness (QED) is 0.389. The van der Waals surface area contributed by atoms with Gasteiger partial charge in [-0.25, -0.2) is 21.6 Å². The summed E-state index contributed by atoms with van der Waals surface area (Å²) in [4.78, 5) is 12.3. The molecule has 36 heavy (non-hydrogen) atoms. The molecule has 0 spiro atoms. The van der Waals surface area contributed by atoms with Crippen LogP contribution < -0.4 is 19.1 Å². The Morgan fingerprint density at radius 1 is 0.889 bits per heavy atom. The van der Waals surface area contributed by atoms with Gasteiger partial charge in [-0.3, -0.25) is 9.10 Å². The number of sulfonamides is 2. The van der Waals surface area contributed by atoms with Crippen molar-refractivity contribution >= 4 is 31.6 Å². The Morgan fingerprint density at radius 2 is 1.56 bits per heavy atom. The van der Waals surface area contributed by atoms with E-state index in [0.29, 0.717) is 24.4 Å². The molecule has 1 aliphatic heterocycles. The number of hydrogen-bond donors (Lipinski definition) is 2. The number of anilines is 1. The van der Waals surface area contributed by atoms with E-state index in [0.717, 1.165) is 11.1 Å². The zero-order valence-corrected chi connectivity index (χ0v) is 21.3. The fraction of sp³-hybridized carbons (Fsp3) is 0.240. The minimum Gasteiger partial charge on any atom is -0.484 e. The smallest absolute Gasteiger partial charge is 0.264 e. The number of benzene rings is 3. The summed E-state index contributed by atoms with van der Waals surface area (Å²) in [6.45, 7) is 2.07. The number of fused-ring (bicyclic) bond motifs is 1. The summed E-state index contributed by atoms with van der Waals surface area (Å²) >= 11 is 0. The molecule has 0 saturated carbocycles. The molecule has 0 saturated heterocycles. The van der Waals surface area contributed by atoms with Crippen LogP contribution >= 0.6 is 0 Å². The van der Waals surface area contributed by atoms with Crippen LogP contribution in [0.2, 0.25) is 0 Å². The number of para-hydroxylation sites is 1. The summed E-state index contributed by atoms with van der Waals surface area (Å²) in [5.74, 6) is -0.0964. The second-order valence-corrected chi connectivity index (χ2v) is 11.9. The summed E-state index contributed by atoms with van der Waals surface area (Å²) in [6.07, 6.45) is 0.666. The van der Waals surface area contributed by atoms with E-state index in [-0.39, 0.29) is 29.5 Å². The van der Waals surface area contributed by atoms with E-state index in [2.05, 4.69) is 10.0 Å². The number of nitrogens with zero attached hydrogens (tertiary/aromatic N) is 1. The molecular formula is C25H27N3O6S2. The second kappa shape index (κ2) is 10.7. The first-order valence-electron chi connectivity index (χ1n) is 11.3. The zero-order chi connectivity index (χ0) is 25.8. The molecule has 0 aliphatic carbocycles. The minimum absolute atomic E-state index is 0.0220. The van der Waals surface area contributed by atoms with Crippen LogP contribution in [0.3, 0.4) is 0 Å². The van der Waals surface area contributed by atoms with E-state index in [4.69, 9.17) is 4.74 Å². The Hall–Kier alpha value is -3.41. The van der Waals surface area contributed by atoms with Crippen molar-refractivity contribution in [1.82, 2.24) is 10.0 Å². The molecule has 11 heteroatoms. The van der Waals surface area contributed by atoms with Gasteiger partial charge in [-0.15, -0.1) is 0 Å². The lowest BCUT2D eigenvalue weighted by atomic mass is 10.2. The first-order chi connectivity index (χ1) is 17.2. The van der Waals surface area contributed by atoms with Crippen molar-refractivity contribution < 1.29 is 26.4 Å². The maximum absolute atomic E-state index is 13.1. The Kier molecular flexibility index (Phi) is 7.62. The molecule has 0 atom stereocenters. The van der Waals surface area contributed by atoms with Crippen molar-refractivity contribution in [3.8, 4) is 5.75 Å². The van der Waals surface area contributed by atoms with Crippen molar-refractivity contribution in [3.63, 3.8) is 0 Å². The number of nitrogens with one attached hydrogen (secondary N) is 2. The molecule has 3 aromatic rings. The SMILES string of the molecule is Cc1ccc(S(=O)(=O)NCCNC(=O)COc2ccc(S(=O)(=O)N3CCc4ccccc43)cc2)cc1. The molecule has 9 nitrogen and oxygen atoms in total.